The van der Waals surface area contributed by atoms with Gasteiger partial charge in [0, 0.05) is 23.7 Å². The fourth-order valence-electron chi connectivity index (χ4n) is 3.93. The second kappa shape index (κ2) is 7.21. The molecule has 138 valence electrons. The molecule has 1 aromatic carbocycles. The minimum Gasteiger partial charge on any atom is -0.507 e. The summed E-state index contributed by atoms with van der Waals surface area (Å²) in [5.74, 6) is 1.08. The summed E-state index contributed by atoms with van der Waals surface area (Å²) in [6.45, 7) is 5.33. The lowest BCUT2D eigenvalue weighted by Gasteiger charge is -2.31. The lowest BCUT2D eigenvalue weighted by molar-refractivity contribution is 0.111. The molecular weight excluding hydrogens is 328 g/mol. The van der Waals surface area contributed by atoms with E-state index in [2.05, 4.69) is 27.5 Å². The molecule has 26 heavy (non-hydrogen) atoms. The van der Waals surface area contributed by atoms with Gasteiger partial charge in [-0.05, 0) is 63.0 Å². The van der Waals surface area contributed by atoms with Crippen molar-refractivity contribution in [2.45, 2.75) is 38.8 Å². The third-order valence-corrected chi connectivity index (χ3v) is 5.30. The van der Waals surface area contributed by atoms with Crippen molar-refractivity contribution in [3.8, 4) is 17.0 Å². The fourth-order valence-corrected chi connectivity index (χ4v) is 3.93. The maximum Gasteiger partial charge on any atom is 0.154 e. The molecule has 0 bridgehead atoms. The maximum absolute atomic E-state index is 10.4. The monoisotopic (exact) mass is 354 g/mol. The fraction of sp³-hybridized carbons (Fsp3) is 0.500. The van der Waals surface area contributed by atoms with Crippen LogP contribution in [0, 0.1) is 6.92 Å². The first-order valence-electron chi connectivity index (χ1n) is 9.33. The molecule has 2 aliphatic heterocycles. The molecule has 0 saturated carbocycles. The number of aromatic hydroxyl groups is 1. The number of aryl methyl sites for hydroxylation is 1. The molecule has 1 aromatic heterocycles. The zero-order valence-electron chi connectivity index (χ0n) is 15.5. The highest BCUT2D eigenvalue weighted by atomic mass is 16.5. The Labute approximate surface area is 154 Å². The van der Waals surface area contributed by atoms with Crippen LogP contribution in [0.4, 0.5) is 5.82 Å². The minimum atomic E-state index is 0.252. The van der Waals surface area contributed by atoms with E-state index in [9.17, 15) is 5.11 Å². The molecule has 0 aliphatic carbocycles. The quantitative estimate of drug-likeness (QED) is 0.883. The van der Waals surface area contributed by atoms with Gasteiger partial charge < -0.3 is 20.1 Å². The number of nitrogens with zero attached hydrogens (tertiary/aromatic N) is 3. The Morgan fingerprint density at radius 3 is 2.96 bits per heavy atom. The van der Waals surface area contributed by atoms with Crippen LogP contribution in [-0.4, -0.2) is 53.0 Å². The molecule has 6 heteroatoms. The summed E-state index contributed by atoms with van der Waals surface area (Å²) in [6.07, 6.45) is 3.12. The highest BCUT2D eigenvalue weighted by Crippen LogP contribution is 2.35. The third kappa shape index (κ3) is 3.39. The van der Waals surface area contributed by atoms with Gasteiger partial charge in [0.25, 0.3) is 0 Å². The first-order valence-corrected chi connectivity index (χ1v) is 9.33. The van der Waals surface area contributed by atoms with Crippen molar-refractivity contribution in [1.29, 1.82) is 0 Å². The molecule has 0 spiro atoms. The number of likely N-dealkylation sites (tertiary alicyclic amines) is 1. The minimum absolute atomic E-state index is 0.252. The number of hydrogen-bond donors (Lipinski definition) is 2. The average molecular weight is 354 g/mol. The highest BCUT2D eigenvalue weighted by Gasteiger charge is 2.25. The molecule has 1 atom stereocenters. The number of anilines is 1. The summed E-state index contributed by atoms with van der Waals surface area (Å²) in [6, 6.07) is 6.07. The van der Waals surface area contributed by atoms with Gasteiger partial charge in [0.1, 0.15) is 11.4 Å². The second-order valence-electron chi connectivity index (χ2n) is 7.42. The zero-order chi connectivity index (χ0) is 18.1. The van der Waals surface area contributed by atoms with Gasteiger partial charge in [-0.2, -0.15) is 0 Å². The molecule has 1 saturated heterocycles. The SMILES string of the molecule is Cc1ccc(-c2nnc(NC3CCCN(C)C3)c3c2CCOC3)c(O)c1. The molecule has 4 rings (SSSR count). The van der Waals surface area contributed by atoms with Crippen molar-refractivity contribution in [1.82, 2.24) is 15.1 Å². The number of aromatic nitrogens is 2. The molecule has 0 radical (unpaired) electrons. The second-order valence-corrected chi connectivity index (χ2v) is 7.42. The summed E-state index contributed by atoms with van der Waals surface area (Å²) >= 11 is 0. The Kier molecular flexibility index (Phi) is 4.78. The van der Waals surface area contributed by atoms with Crippen LogP contribution < -0.4 is 5.32 Å². The summed E-state index contributed by atoms with van der Waals surface area (Å²) in [7, 11) is 2.15. The number of hydrogen-bond acceptors (Lipinski definition) is 6. The lowest BCUT2D eigenvalue weighted by Crippen LogP contribution is -2.40. The van der Waals surface area contributed by atoms with Crippen LogP contribution in [0.15, 0.2) is 18.2 Å². The first kappa shape index (κ1) is 17.2. The van der Waals surface area contributed by atoms with E-state index in [0.29, 0.717) is 19.3 Å². The van der Waals surface area contributed by atoms with Crippen molar-refractivity contribution in [3.63, 3.8) is 0 Å². The summed E-state index contributed by atoms with van der Waals surface area (Å²) < 4.78 is 5.71. The van der Waals surface area contributed by atoms with Crippen LogP contribution in [0.2, 0.25) is 0 Å². The van der Waals surface area contributed by atoms with Gasteiger partial charge in [0.2, 0.25) is 0 Å². The van der Waals surface area contributed by atoms with E-state index < -0.39 is 0 Å². The van der Waals surface area contributed by atoms with Gasteiger partial charge in [0.05, 0.1) is 13.2 Å². The molecule has 2 aliphatic rings. The van der Waals surface area contributed by atoms with Crippen LogP contribution in [0.25, 0.3) is 11.3 Å². The van der Waals surface area contributed by atoms with E-state index in [1.54, 1.807) is 6.07 Å². The number of nitrogens with one attached hydrogen (secondary N) is 1. The number of phenolic OH excluding ortho intramolecular Hbond substituents is 1. The lowest BCUT2D eigenvalue weighted by atomic mass is 9.96. The predicted molar refractivity (Wildman–Crippen MR) is 101 cm³/mol. The van der Waals surface area contributed by atoms with Crippen molar-refractivity contribution < 1.29 is 9.84 Å². The topological polar surface area (TPSA) is 70.5 Å². The van der Waals surface area contributed by atoms with E-state index in [1.165, 1.54) is 6.42 Å². The molecule has 1 unspecified atom stereocenters. The van der Waals surface area contributed by atoms with E-state index in [-0.39, 0.29) is 5.75 Å². The number of phenols is 1. The predicted octanol–water partition coefficient (Wildman–Crippen LogP) is 2.74. The Morgan fingerprint density at radius 1 is 1.27 bits per heavy atom. The van der Waals surface area contributed by atoms with Crippen molar-refractivity contribution in [3.05, 3.63) is 34.9 Å². The van der Waals surface area contributed by atoms with Crippen molar-refractivity contribution >= 4 is 5.82 Å². The number of fused-ring (bicyclic) bond motifs is 1. The van der Waals surface area contributed by atoms with E-state index in [1.807, 2.05) is 19.1 Å². The average Bonchev–Trinajstić information content (AvgIpc) is 2.63. The number of ether oxygens (including phenoxy) is 1. The Balaban J connectivity index is 1.70. The van der Waals surface area contributed by atoms with Crippen LogP contribution in [0.1, 0.15) is 29.5 Å². The standard InChI is InChI=1S/C20H26N4O2/c1-13-5-6-16(18(25)10-13)19-15-7-9-26-12-17(15)20(23-22-19)21-14-4-3-8-24(2)11-14/h5-6,10,14,25H,3-4,7-9,11-12H2,1-2H3,(H,21,23). The Morgan fingerprint density at radius 2 is 2.15 bits per heavy atom. The number of likely N-dealkylation sites (N-methyl/N-ethyl adjacent to an activating group) is 1. The zero-order valence-corrected chi connectivity index (χ0v) is 15.5. The van der Waals surface area contributed by atoms with Crippen molar-refractivity contribution in [2.24, 2.45) is 0 Å². The molecule has 6 nitrogen and oxygen atoms in total. The molecule has 2 N–H and O–H groups in total. The number of piperidine rings is 1. The van der Waals surface area contributed by atoms with Gasteiger partial charge in [-0.25, -0.2) is 0 Å². The normalized spacial score (nSPS) is 20.6. The van der Waals surface area contributed by atoms with Crippen LogP contribution in [0.3, 0.4) is 0 Å². The van der Waals surface area contributed by atoms with Crippen LogP contribution in [0.5, 0.6) is 5.75 Å². The largest absolute Gasteiger partial charge is 0.507 e. The van der Waals surface area contributed by atoms with Gasteiger partial charge in [-0.3, -0.25) is 0 Å². The number of benzene rings is 1. The van der Waals surface area contributed by atoms with Gasteiger partial charge >= 0.3 is 0 Å². The van der Waals surface area contributed by atoms with Crippen molar-refractivity contribution in [2.75, 3.05) is 32.1 Å². The number of rotatable bonds is 3. The summed E-state index contributed by atoms with van der Waals surface area (Å²) in [4.78, 5) is 2.34. The first-order chi connectivity index (χ1) is 12.6. The van der Waals surface area contributed by atoms with E-state index in [4.69, 9.17) is 4.74 Å². The molecule has 2 aromatic rings. The molecular formula is C20H26N4O2. The Bertz CT molecular complexity index is 809. The third-order valence-electron chi connectivity index (χ3n) is 5.30. The van der Waals surface area contributed by atoms with Gasteiger partial charge in [-0.15, -0.1) is 10.2 Å². The van der Waals surface area contributed by atoms with Crippen LogP contribution in [-0.2, 0) is 17.8 Å². The van der Waals surface area contributed by atoms with E-state index in [0.717, 1.165) is 59.7 Å². The Hall–Kier alpha value is -2.18. The molecule has 1 fully saturated rings. The highest BCUT2D eigenvalue weighted by molar-refractivity contribution is 5.72. The maximum atomic E-state index is 10.4. The van der Waals surface area contributed by atoms with Gasteiger partial charge in [-0.1, -0.05) is 6.07 Å². The smallest absolute Gasteiger partial charge is 0.154 e. The van der Waals surface area contributed by atoms with E-state index >= 15 is 0 Å². The summed E-state index contributed by atoms with van der Waals surface area (Å²) in [5.41, 5.74) is 4.75. The van der Waals surface area contributed by atoms with Gasteiger partial charge in [0.15, 0.2) is 5.82 Å². The molecule has 3 heterocycles. The molecule has 0 amide bonds. The summed E-state index contributed by atoms with van der Waals surface area (Å²) in [5, 5.41) is 22.9. The van der Waals surface area contributed by atoms with Crippen LogP contribution >= 0.6 is 0 Å².